The monoisotopic (exact) mass is 319 g/mol. The van der Waals surface area contributed by atoms with Crippen molar-refractivity contribution in [3.8, 4) is 0 Å². The summed E-state index contributed by atoms with van der Waals surface area (Å²) in [4.78, 5) is 13.1. The summed E-state index contributed by atoms with van der Waals surface area (Å²) in [5.41, 5.74) is 6.32. The molecule has 0 atom stereocenters. The number of nitrogen functional groups attached to an aromatic ring is 1. The molecule has 9 heteroatoms. The number of nitrogens with two attached hydrogens (primary N) is 1. The lowest BCUT2D eigenvalue weighted by Gasteiger charge is -2.08. The maximum atomic E-state index is 12.0. The Morgan fingerprint density at radius 2 is 2.16 bits per heavy atom. The molecule has 1 aromatic carbocycles. The van der Waals surface area contributed by atoms with E-state index in [-0.39, 0.29) is 21.3 Å². The molecule has 0 aliphatic rings. The molecule has 19 heavy (non-hydrogen) atoms. The highest BCUT2D eigenvalue weighted by atomic mass is 35.5. The Balaban J connectivity index is 2.23. The van der Waals surface area contributed by atoms with Crippen molar-refractivity contribution in [3.05, 3.63) is 44.0 Å². The topological polar surface area (TPSA) is 105 Å². The summed E-state index contributed by atoms with van der Waals surface area (Å²) < 4.78 is 26.4. The number of anilines is 1. The van der Waals surface area contributed by atoms with E-state index in [1.54, 1.807) is 5.38 Å². The molecule has 0 fully saturated rings. The van der Waals surface area contributed by atoms with E-state index >= 15 is 0 Å². The molecule has 2 aromatic rings. The Morgan fingerprint density at radius 3 is 2.79 bits per heavy atom. The van der Waals surface area contributed by atoms with Crippen LogP contribution in [0.25, 0.3) is 0 Å². The molecule has 0 unspecified atom stereocenters. The van der Waals surface area contributed by atoms with Gasteiger partial charge in [0.25, 0.3) is 0 Å². The molecule has 102 valence electrons. The Morgan fingerprint density at radius 1 is 1.42 bits per heavy atom. The Bertz CT molecular complexity index is 751. The molecule has 2 rings (SSSR count). The molecule has 0 spiro atoms. The predicted molar refractivity (Wildman–Crippen MR) is 74.8 cm³/mol. The first-order valence-electron chi connectivity index (χ1n) is 5.10. The highest BCUT2D eigenvalue weighted by molar-refractivity contribution is 7.89. The minimum atomic E-state index is -3.78. The van der Waals surface area contributed by atoms with E-state index in [4.69, 9.17) is 17.3 Å². The molecular formula is C10H10ClN3O3S2. The van der Waals surface area contributed by atoms with Gasteiger partial charge in [0.2, 0.25) is 10.0 Å². The zero-order chi connectivity index (χ0) is 14.0. The Labute approximate surface area is 118 Å². The average molecular weight is 320 g/mol. The maximum absolute atomic E-state index is 12.0. The standard InChI is InChI=1S/C10H10ClN3O3S2/c11-8-2-1-6(12)3-9(8)19(16,17)13-4-7-5-18-10(15)14-7/h1-3,5,13H,4,12H2,(H,14,15). The molecule has 6 nitrogen and oxygen atoms in total. The van der Waals surface area contributed by atoms with E-state index in [9.17, 15) is 13.2 Å². The molecule has 0 radical (unpaired) electrons. The number of aromatic nitrogens is 1. The minimum Gasteiger partial charge on any atom is -0.399 e. The number of sulfonamides is 1. The van der Waals surface area contributed by atoms with Crippen molar-refractivity contribution in [2.75, 3.05) is 5.73 Å². The summed E-state index contributed by atoms with van der Waals surface area (Å²) in [5, 5.41) is 1.63. The molecule has 0 aliphatic carbocycles. The van der Waals surface area contributed by atoms with Crippen LogP contribution in [0.2, 0.25) is 5.02 Å². The third-order valence-corrected chi connectivity index (χ3v) is 4.87. The molecule has 0 amide bonds. The molecule has 0 saturated heterocycles. The van der Waals surface area contributed by atoms with Crippen molar-refractivity contribution in [2.45, 2.75) is 11.4 Å². The Hall–Kier alpha value is -1.35. The van der Waals surface area contributed by atoms with Crippen LogP contribution in [0, 0.1) is 0 Å². The van der Waals surface area contributed by atoms with Crippen molar-refractivity contribution >= 4 is 38.6 Å². The van der Waals surface area contributed by atoms with E-state index in [0.29, 0.717) is 11.4 Å². The average Bonchev–Trinajstić information content (AvgIpc) is 2.76. The number of thiazole rings is 1. The van der Waals surface area contributed by atoms with Crippen LogP contribution >= 0.6 is 22.9 Å². The van der Waals surface area contributed by atoms with Gasteiger partial charge < -0.3 is 10.7 Å². The SMILES string of the molecule is Nc1ccc(Cl)c(S(=O)(=O)NCc2csc(=O)[nH]2)c1. The van der Waals surface area contributed by atoms with Crippen molar-refractivity contribution < 1.29 is 8.42 Å². The van der Waals surface area contributed by atoms with Gasteiger partial charge in [0.1, 0.15) is 4.90 Å². The normalized spacial score (nSPS) is 11.6. The maximum Gasteiger partial charge on any atom is 0.304 e. The van der Waals surface area contributed by atoms with Gasteiger partial charge in [-0.05, 0) is 18.2 Å². The zero-order valence-electron chi connectivity index (χ0n) is 9.51. The fourth-order valence-electron chi connectivity index (χ4n) is 1.38. The van der Waals surface area contributed by atoms with Crippen LogP contribution in [-0.4, -0.2) is 13.4 Å². The first-order chi connectivity index (χ1) is 8.88. The van der Waals surface area contributed by atoms with E-state index in [1.807, 2.05) is 0 Å². The van der Waals surface area contributed by atoms with Gasteiger partial charge >= 0.3 is 4.87 Å². The molecule has 0 bridgehead atoms. The number of hydrogen-bond acceptors (Lipinski definition) is 5. The van der Waals surface area contributed by atoms with Gasteiger partial charge in [-0.1, -0.05) is 22.9 Å². The lowest BCUT2D eigenvalue weighted by molar-refractivity contribution is 0.580. The van der Waals surface area contributed by atoms with Crippen molar-refractivity contribution in [3.63, 3.8) is 0 Å². The third-order valence-electron chi connectivity index (χ3n) is 2.27. The van der Waals surface area contributed by atoms with Gasteiger partial charge in [0.15, 0.2) is 0 Å². The van der Waals surface area contributed by atoms with Gasteiger partial charge in [-0.2, -0.15) is 0 Å². The van der Waals surface area contributed by atoms with Crippen LogP contribution in [0.5, 0.6) is 0 Å². The lowest BCUT2D eigenvalue weighted by Crippen LogP contribution is -2.24. The number of aromatic amines is 1. The first-order valence-corrected chi connectivity index (χ1v) is 7.84. The van der Waals surface area contributed by atoms with Crippen LogP contribution in [0.1, 0.15) is 5.69 Å². The summed E-state index contributed by atoms with van der Waals surface area (Å²) in [6.07, 6.45) is 0. The number of nitrogens with one attached hydrogen (secondary N) is 2. The summed E-state index contributed by atoms with van der Waals surface area (Å²) in [7, 11) is -3.78. The van der Waals surface area contributed by atoms with Crippen molar-refractivity contribution in [1.29, 1.82) is 0 Å². The Kier molecular flexibility index (Phi) is 3.95. The van der Waals surface area contributed by atoms with Crippen LogP contribution in [0.15, 0.2) is 33.3 Å². The van der Waals surface area contributed by atoms with Crippen LogP contribution < -0.4 is 15.3 Å². The van der Waals surface area contributed by atoms with Gasteiger partial charge in [-0.25, -0.2) is 13.1 Å². The van der Waals surface area contributed by atoms with E-state index in [0.717, 1.165) is 11.3 Å². The van der Waals surface area contributed by atoms with Crippen LogP contribution in [-0.2, 0) is 16.6 Å². The molecule has 4 N–H and O–H groups in total. The highest BCUT2D eigenvalue weighted by Crippen LogP contribution is 2.23. The van der Waals surface area contributed by atoms with Gasteiger partial charge in [-0.15, -0.1) is 0 Å². The second kappa shape index (κ2) is 5.33. The van der Waals surface area contributed by atoms with E-state index in [1.165, 1.54) is 18.2 Å². The summed E-state index contributed by atoms with van der Waals surface area (Å²) >= 11 is 6.80. The van der Waals surface area contributed by atoms with E-state index < -0.39 is 10.0 Å². The molecular weight excluding hydrogens is 310 g/mol. The quantitative estimate of drug-likeness (QED) is 0.735. The summed E-state index contributed by atoms with van der Waals surface area (Å²) in [6.45, 7) is -0.0216. The summed E-state index contributed by atoms with van der Waals surface area (Å²) in [5.74, 6) is 0. The van der Waals surface area contributed by atoms with Crippen molar-refractivity contribution in [2.24, 2.45) is 0 Å². The van der Waals surface area contributed by atoms with Gasteiger partial charge in [-0.3, -0.25) is 4.79 Å². The fourth-order valence-corrected chi connectivity index (χ4v) is 3.50. The van der Waals surface area contributed by atoms with Crippen LogP contribution in [0.4, 0.5) is 5.69 Å². The number of H-pyrrole nitrogens is 1. The number of rotatable bonds is 4. The lowest BCUT2D eigenvalue weighted by atomic mass is 10.3. The van der Waals surface area contributed by atoms with Gasteiger partial charge in [0, 0.05) is 16.8 Å². The van der Waals surface area contributed by atoms with Crippen LogP contribution in [0.3, 0.4) is 0 Å². The summed E-state index contributed by atoms with van der Waals surface area (Å²) in [6, 6.07) is 4.21. The minimum absolute atomic E-state index is 0.0216. The van der Waals surface area contributed by atoms with E-state index in [2.05, 4.69) is 9.71 Å². The van der Waals surface area contributed by atoms with Gasteiger partial charge in [0.05, 0.1) is 11.6 Å². The largest absolute Gasteiger partial charge is 0.399 e. The molecule has 0 aliphatic heterocycles. The molecule has 1 aromatic heterocycles. The fraction of sp³-hybridized carbons (Fsp3) is 0.100. The van der Waals surface area contributed by atoms with Crippen molar-refractivity contribution in [1.82, 2.24) is 9.71 Å². The number of hydrogen-bond donors (Lipinski definition) is 3. The first kappa shape index (κ1) is 14.1. The second-order valence-corrected chi connectivity index (χ2v) is 6.67. The molecule has 0 saturated carbocycles. The third kappa shape index (κ3) is 3.35. The highest BCUT2D eigenvalue weighted by Gasteiger charge is 2.18. The zero-order valence-corrected chi connectivity index (χ0v) is 11.9. The number of benzene rings is 1. The smallest absolute Gasteiger partial charge is 0.304 e. The number of halogens is 1. The molecule has 1 heterocycles. The predicted octanol–water partition coefficient (Wildman–Crippen LogP) is 1.15. The second-order valence-electron chi connectivity index (χ2n) is 3.69.